The van der Waals surface area contributed by atoms with Gasteiger partial charge in [-0.25, -0.2) is 4.79 Å². The third kappa shape index (κ3) is 4.05. The molecule has 0 atom stereocenters. The highest BCUT2D eigenvalue weighted by Gasteiger charge is 2.13. The van der Waals surface area contributed by atoms with Crippen molar-refractivity contribution in [2.24, 2.45) is 0 Å². The van der Waals surface area contributed by atoms with Gasteiger partial charge < -0.3 is 14.8 Å². The van der Waals surface area contributed by atoms with Crippen LogP contribution in [0.15, 0.2) is 71.3 Å². The summed E-state index contributed by atoms with van der Waals surface area (Å²) in [6.45, 7) is 0. The molecule has 26 heavy (non-hydrogen) atoms. The summed E-state index contributed by atoms with van der Waals surface area (Å²) >= 11 is 0. The molecule has 6 nitrogen and oxygen atoms in total. The zero-order valence-corrected chi connectivity index (χ0v) is 13.6. The third-order valence-corrected chi connectivity index (χ3v) is 3.75. The molecule has 3 aromatic rings. The average molecular weight is 349 g/mol. The predicted octanol–water partition coefficient (Wildman–Crippen LogP) is 3.86. The van der Waals surface area contributed by atoms with Crippen LogP contribution in [0.2, 0.25) is 0 Å². The van der Waals surface area contributed by atoms with Crippen LogP contribution < -0.4 is 5.32 Å². The minimum absolute atomic E-state index is 0.121. The van der Waals surface area contributed by atoms with E-state index in [1.165, 1.54) is 24.3 Å². The first kappa shape index (κ1) is 17.2. The molecule has 0 saturated carbocycles. The molecule has 0 aliphatic rings. The summed E-state index contributed by atoms with van der Waals surface area (Å²) in [5.41, 5.74) is 1.82. The van der Waals surface area contributed by atoms with E-state index in [1.807, 2.05) is 6.07 Å². The fourth-order valence-electron chi connectivity index (χ4n) is 2.41. The Labute approximate surface area is 149 Å². The van der Waals surface area contributed by atoms with Gasteiger partial charge in [-0.05, 0) is 36.4 Å². The molecule has 0 aliphatic heterocycles. The summed E-state index contributed by atoms with van der Waals surface area (Å²) in [7, 11) is 0. The molecule has 1 amide bonds. The first-order chi connectivity index (χ1) is 12.5. The Morgan fingerprint density at radius 3 is 2.12 bits per heavy atom. The van der Waals surface area contributed by atoms with Crippen LogP contribution in [0.4, 0.5) is 5.69 Å². The summed E-state index contributed by atoms with van der Waals surface area (Å²) in [6, 6.07) is 16.1. The highest BCUT2D eigenvalue weighted by molar-refractivity contribution is 6.11. The molecule has 0 spiro atoms. The van der Waals surface area contributed by atoms with Crippen LogP contribution in [0.5, 0.6) is 0 Å². The van der Waals surface area contributed by atoms with Crippen LogP contribution in [0.25, 0.3) is 11.3 Å². The van der Waals surface area contributed by atoms with Gasteiger partial charge in [-0.1, -0.05) is 24.3 Å². The Hall–Kier alpha value is -3.67. The Bertz CT molecular complexity index is 925. The normalized spacial score (nSPS) is 10.3. The monoisotopic (exact) mass is 349 g/mol. The van der Waals surface area contributed by atoms with Crippen LogP contribution in [-0.2, 0) is 4.79 Å². The largest absolute Gasteiger partial charge is 0.478 e. The van der Waals surface area contributed by atoms with Gasteiger partial charge in [0.1, 0.15) is 5.76 Å². The molecule has 130 valence electrons. The molecule has 2 aromatic carbocycles. The number of carbonyl (C=O) groups is 3. The van der Waals surface area contributed by atoms with Crippen molar-refractivity contribution in [1.29, 1.82) is 0 Å². The van der Waals surface area contributed by atoms with Crippen molar-refractivity contribution >= 4 is 23.3 Å². The minimum Gasteiger partial charge on any atom is -0.478 e. The molecule has 1 heterocycles. The van der Waals surface area contributed by atoms with E-state index < -0.39 is 11.9 Å². The number of carbonyl (C=O) groups excluding carboxylic acids is 2. The van der Waals surface area contributed by atoms with Gasteiger partial charge in [0.05, 0.1) is 18.2 Å². The Morgan fingerprint density at radius 1 is 0.885 bits per heavy atom. The van der Waals surface area contributed by atoms with Crippen molar-refractivity contribution in [1.82, 2.24) is 0 Å². The maximum atomic E-state index is 12.2. The Kier molecular flexibility index (Phi) is 4.94. The van der Waals surface area contributed by atoms with Crippen molar-refractivity contribution in [3.8, 4) is 11.3 Å². The number of hydrogen-bond acceptors (Lipinski definition) is 4. The van der Waals surface area contributed by atoms with Crippen molar-refractivity contribution < 1.29 is 23.9 Å². The van der Waals surface area contributed by atoms with Gasteiger partial charge in [0, 0.05) is 16.8 Å². The number of aromatic carboxylic acids is 1. The quantitative estimate of drug-likeness (QED) is 0.520. The zero-order valence-electron chi connectivity index (χ0n) is 13.6. The van der Waals surface area contributed by atoms with E-state index in [1.54, 1.807) is 36.6 Å². The lowest BCUT2D eigenvalue weighted by molar-refractivity contribution is -0.115. The van der Waals surface area contributed by atoms with Gasteiger partial charge in [0.25, 0.3) is 0 Å². The van der Waals surface area contributed by atoms with E-state index in [2.05, 4.69) is 5.32 Å². The molecule has 2 N–H and O–H groups in total. The van der Waals surface area contributed by atoms with Crippen molar-refractivity contribution in [2.75, 3.05) is 5.32 Å². The molecule has 0 radical (unpaired) electrons. The standard InChI is InChI=1S/C20H15NO5/c22-17(13-3-5-14(6-4-13)18-2-1-11-26-18)12-19(23)21-16-9-7-15(8-10-16)20(24)25/h1-11H,12H2,(H,21,23)(H,24,25). The number of ketones is 1. The SMILES string of the molecule is O=C(CC(=O)c1ccc(-c2ccco2)cc1)Nc1ccc(C(=O)O)cc1. The lowest BCUT2D eigenvalue weighted by Gasteiger charge is -2.06. The van der Waals surface area contributed by atoms with Crippen LogP contribution in [-0.4, -0.2) is 22.8 Å². The molecular formula is C20H15NO5. The molecule has 0 saturated heterocycles. The minimum atomic E-state index is -1.05. The van der Waals surface area contributed by atoms with Crippen molar-refractivity contribution in [3.63, 3.8) is 0 Å². The highest BCUT2D eigenvalue weighted by Crippen LogP contribution is 2.20. The van der Waals surface area contributed by atoms with Gasteiger partial charge in [-0.2, -0.15) is 0 Å². The van der Waals surface area contributed by atoms with Crippen molar-refractivity contribution in [3.05, 3.63) is 78.1 Å². The van der Waals surface area contributed by atoms with Gasteiger partial charge in [-0.15, -0.1) is 0 Å². The lowest BCUT2D eigenvalue weighted by Crippen LogP contribution is -2.16. The summed E-state index contributed by atoms with van der Waals surface area (Å²) in [5.74, 6) is -1.12. The van der Waals surface area contributed by atoms with Gasteiger partial charge in [-0.3, -0.25) is 9.59 Å². The summed E-state index contributed by atoms with van der Waals surface area (Å²) in [5, 5.41) is 11.4. The van der Waals surface area contributed by atoms with Gasteiger partial charge in [0.2, 0.25) is 5.91 Å². The maximum Gasteiger partial charge on any atom is 0.335 e. The number of anilines is 1. The van der Waals surface area contributed by atoms with E-state index >= 15 is 0 Å². The second kappa shape index (κ2) is 7.48. The number of Topliss-reactive ketones (excluding diaryl/α,β-unsaturated/α-hetero) is 1. The van der Waals surface area contributed by atoms with Crippen molar-refractivity contribution in [2.45, 2.75) is 6.42 Å². The molecule has 0 aliphatic carbocycles. The number of carboxylic acids is 1. The Balaban J connectivity index is 1.60. The number of carboxylic acid groups (broad SMARTS) is 1. The second-order valence-electron chi connectivity index (χ2n) is 5.59. The predicted molar refractivity (Wildman–Crippen MR) is 95.1 cm³/mol. The third-order valence-electron chi connectivity index (χ3n) is 3.75. The fourth-order valence-corrected chi connectivity index (χ4v) is 2.41. The number of amides is 1. The summed E-state index contributed by atoms with van der Waals surface area (Å²) < 4.78 is 5.29. The Morgan fingerprint density at radius 2 is 1.54 bits per heavy atom. The first-order valence-corrected chi connectivity index (χ1v) is 7.83. The molecule has 0 unspecified atom stereocenters. The molecule has 1 aromatic heterocycles. The number of rotatable bonds is 6. The number of furan rings is 1. The number of hydrogen-bond donors (Lipinski definition) is 2. The van der Waals surface area contributed by atoms with Crippen LogP contribution in [0, 0.1) is 0 Å². The van der Waals surface area contributed by atoms with E-state index in [-0.39, 0.29) is 17.8 Å². The van der Waals surface area contributed by atoms with Gasteiger partial charge >= 0.3 is 5.97 Å². The van der Waals surface area contributed by atoms with E-state index in [0.717, 1.165) is 5.56 Å². The fraction of sp³-hybridized carbons (Fsp3) is 0.0500. The summed E-state index contributed by atoms with van der Waals surface area (Å²) in [6.07, 6.45) is 1.27. The molecule has 3 rings (SSSR count). The molecule has 0 fully saturated rings. The lowest BCUT2D eigenvalue weighted by atomic mass is 10.0. The van der Waals surface area contributed by atoms with Gasteiger partial charge in [0.15, 0.2) is 5.78 Å². The van der Waals surface area contributed by atoms with Crippen LogP contribution >= 0.6 is 0 Å². The van der Waals surface area contributed by atoms with Crippen LogP contribution in [0.3, 0.4) is 0 Å². The smallest absolute Gasteiger partial charge is 0.335 e. The van der Waals surface area contributed by atoms with E-state index in [0.29, 0.717) is 17.0 Å². The average Bonchev–Trinajstić information content (AvgIpc) is 3.17. The van der Waals surface area contributed by atoms with E-state index in [9.17, 15) is 14.4 Å². The second-order valence-corrected chi connectivity index (χ2v) is 5.59. The molecular weight excluding hydrogens is 334 g/mol. The first-order valence-electron chi connectivity index (χ1n) is 7.83. The summed E-state index contributed by atoms with van der Waals surface area (Å²) in [4.78, 5) is 35.0. The van der Waals surface area contributed by atoms with Crippen LogP contribution in [0.1, 0.15) is 27.1 Å². The zero-order chi connectivity index (χ0) is 18.5. The molecule has 6 heteroatoms. The number of benzene rings is 2. The topological polar surface area (TPSA) is 96.6 Å². The molecule has 0 bridgehead atoms. The number of nitrogens with one attached hydrogen (secondary N) is 1. The highest BCUT2D eigenvalue weighted by atomic mass is 16.4. The maximum absolute atomic E-state index is 12.2. The van der Waals surface area contributed by atoms with E-state index in [4.69, 9.17) is 9.52 Å².